The van der Waals surface area contributed by atoms with Crippen molar-refractivity contribution >= 4 is 38.7 Å². The first-order chi connectivity index (χ1) is 16.8. The lowest BCUT2D eigenvalue weighted by Crippen LogP contribution is -2.22. The van der Waals surface area contributed by atoms with Crippen molar-refractivity contribution in [3.05, 3.63) is 99.9 Å². The van der Waals surface area contributed by atoms with E-state index in [1.54, 1.807) is 60.7 Å². The Hall–Kier alpha value is -4.16. The third-order valence-corrected chi connectivity index (χ3v) is 5.75. The van der Waals surface area contributed by atoms with E-state index in [1.165, 1.54) is 0 Å². The number of benzene rings is 3. The van der Waals surface area contributed by atoms with Crippen LogP contribution < -0.4 is 14.0 Å². The van der Waals surface area contributed by atoms with Crippen LogP contribution in [0.1, 0.15) is 27.4 Å². The predicted octanol–water partition coefficient (Wildman–Crippen LogP) is 2.32. The highest BCUT2D eigenvalue weighted by Gasteiger charge is 2.32. The number of hydrogen-bond donors (Lipinski definition) is 3. The fraction of sp³-hybridized carbons (Fsp3) is 0.0435. The molecule has 0 saturated heterocycles. The van der Waals surface area contributed by atoms with Crippen molar-refractivity contribution in [3.8, 4) is 17.2 Å². The van der Waals surface area contributed by atoms with E-state index >= 15 is 0 Å². The fourth-order valence-corrected chi connectivity index (χ4v) is 4.26. The van der Waals surface area contributed by atoms with Gasteiger partial charge in [0.15, 0.2) is 11.5 Å². The molecule has 0 radical (unpaired) electrons. The third-order valence-electron chi connectivity index (χ3n) is 5.05. The molecule has 1 atom stereocenters. The van der Waals surface area contributed by atoms with Gasteiger partial charge in [0.2, 0.25) is 0 Å². The molecule has 10 nitrogen and oxygen atoms in total. The molecule has 1 unspecified atom stereocenters. The highest BCUT2D eigenvalue weighted by atomic mass is 32.2. The highest BCUT2D eigenvalue weighted by Crippen LogP contribution is 2.42. The number of carbonyl (C=O) groups is 1. The van der Waals surface area contributed by atoms with Gasteiger partial charge < -0.3 is 17.9 Å². The van der Waals surface area contributed by atoms with E-state index in [9.17, 15) is 31.5 Å². The molecule has 0 fully saturated rings. The molecule has 0 spiro atoms. The summed E-state index contributed by atoms with van der Waals surface area (Å²) in [5.74, 6) is -3.60. The summed E-state index contributed by atoms with van der Waals surface area (Å²) in [4.78, 5) is 26.6. The number of carbonyl (C=O) groups excluding carboxylic acids is 1. The molecule has 0 amide bonds. The summed E-state index contributed by atoms with van der Waals surface area (Å²) >= 11 is 0. The molecule has 0 aliphatic carbocycles. The second kappa shape index (κ2) is 9.99. The smallest absolute Gasteiger partial charge is 0.344 e. The minimum Gasteiger partial charge on any atom is -0.506 e. The summed E-state index contributed by atoms with van der Waals surface area (Å²) in [6.07, 6.45) is 0. The maximum absolute atomic E-state index is 13.5. The zero-order chi connectivity index (χ0) is 25.1. The van der Waals surface area contributed by atoms with E-state index in [-0.39, 0.29) is 10.9 Å². The van der Waals surface area contributed by atoms with Gasteiger partial charge in [0.1, 0.15) is 22.5 Å². The molecule has 0 aliphatic heterocycles. The summed E-state index contributed by atoms with van der Waals surface area (Å²) < 4.78 is 59.0. The van der Waals surface area contributed by atoms with Crippen LogP contribution in [0, 0.1) is 0 Å². The molecular formula is C23H16O10S2. The number of Topliss-reactive ketones (excluding diaryl/α,β-unsaturated/α-hetero) is 1. The Bertz CT molecular complexity index is 1610. The summed E-state index contributed by atoms with van der Waals surface area (Å²) in [5.41, 5.74) is -1.36. The van der Waals surface area contributed by atoms with Crippen LogP contribution in [0.25, 0.3) is 11.0 Å². The normalized spacial score (nSPS) is 12.1. The van der Waals surface area contributed by atoms with Gasteiger partial charge in [0.05, 0.1) is 11.5 Å². The zero-order valence-corrected chi connectivity index (χ0v) is 19.3. The van der Waals surface area contributed by atoms with Crippen LogP contribution in [-0.4, -0.2) is 27.7 Å². The van der Waals surface area contributed by atoms with Crippen LogP contribution in [0.5, 0.6) is 17.2 Å². The van der Waals surface area contributed by atoms with E-state index in [2.05, 4.69) is 4.18 Å². The number of ketones is 1. The largest absolute Gasteiger partial charge is 0.506 e. The van der Waals surface area contributed by atoms with Gasteiger partial charge >= 0.3 is 5.63 Å². The van der Waals surface area contributed by atoms with Crippen molar-refractivity contribution in [2.75, 3.05) is 0 Å². The zero-order valence-electron chi connectivity index (χ0n) is 17.5. The SMILES string of the molecule is O=C(c1ccccc1)C(c1ccccc1)c1c(O)c2c(O[SH](=O)=O)cc(O[SH](=O)=O)cc2oc1=O. The van der Waals surface area contributed by atoms with E-state index in [0.717, 1.165) is 12.1 Å². The average molecular weight is 517 g/mol. The van der Waals surface area contributed by atoms with Gasteiger partial charge in [-0.25, -0.2) is 4.79 Å². The van der Waals surface area contributed by atoms with Gasteiger partial charge in [0, 0.05) is 17.7 Å². The first kappa shape index (κ1) is 24.0. The second-order valence-corrected chi connectivity index (χ2v) is 8.41. The molecule has 1 heterocycles. The van der Waals surface area contributed by atoms with Gasteiger partial charge in [-0.2, -0.15) is 16.8 Å². The molecule has 35 heavy (non-hydrogen) atoms. The number of fused-ring (bicyclic) bond motifs is 1. The van der Waals surface area contributed by atoms with Gasteiger partial charge in [-0.05, 0) is 5.56 Å². The van der Waals surface area contributed by atoms with Gasteiger partial charge in [-0.15, -0.1) is 0 Å². The number of hydrogen-bond acceptors (Lipinski definition) is 10. The Morgan fingerprint density at radius 2 is 1.46 bits per heavy atom. The molecule has 4 aromatic rings. The van der Waals surface area contributed by atoms with Crippen LogP contribution in [-0.2, 0) is 22.0 Å². The van der Waals surface area contributed by atoms with E-state index in [4.69, 9.17) is 8.60 Å². The van der Waals surface area contributed by atoms with Crippen LogP contribution in [0.3, 0.4) is 0 Å². The van der Waals surface area contributed by atoms with Crippen molar-refractivity contribution in [1.29, 1.82) is 0 Å². The molecule has 12 heteroatoms. The second-order valence-electron chi connectivity index (χ2n) is 7.15. The monoisotopic (exact) mass is 516 g/mol. The minimum absolute atomic E-state index is 0.252. The average Bonchev–Trinajstić information content (AvgIpc) is 2.81. The fourth-order valence-electron chi connectivity index (χ4n) is 3.68. The lowest BCUT2D eigenvalue weighted by Gasteiger charge is -2.18. The van der Waals surface area contributed by atoms with Crippen LogP contribution in [0.2, 0.25) is 0 Å². The van der Waals surface area contributed by atoms with Crippen LogP contribution in [0.15, 0.2) is 82.0 Å². The van der Waals surface area contributed by atoms with Crippen molar-refractivity contribution in [3.63, 3.8) is 0 Å². The summed E-state index contributed by atoms with van der Waals surface area (Å²) in [7, 11) is -6.92. The number of rotatable bonds is 8. The van der Waals surface area contributed by atoms with E-state index in [0.29, 0.717) is 5.56 Å². The van der Waals surface area contributed by atoms with E-state index in [1.807, 2.05) is 0 Å². The van der Waals surface area contributed by atoms with Crippen molar-refractivity contribution in [2.24, 2.45) is 0 Å². The molecule has 1 aromatic heterocycles. The van der Waals surface area contributed by atoms with Crippen molar-refractivity contribution in [1.82, 2.24) is 0 Å². The summed E-state index contributed by atoms with van der Waals surface area (Å²) in [5, 5.41) is 10.8. The molecule has 0 bridgehead atoms. The molecule has 4 rings (SSSR count). The third kappa shape index (κ3) is 5.03. The molecular weight excluding hydrogens is 500 g/mol. The van der Waals surface area contributed by atoms with Crippen molar-refractivity contribution < 1.29 is 39.5 Å². The Kier molecular flexibility index (Phi) is 6.85. The first-order valence-corrected chi connectivity index (χ1v) is 12.1. The quantitative estimate of drug-likeness (QED) is 0.181. The van der Waals surface area contributed by atoms with Gasteiger partial charge in [-0.3, -0.25) is 4.79 Å². The van der Waals surface area contributed by atoms with E-state index < -0.39 is 67.7 Å². The standard InChI is InChI=1S/C23H16O10S2/c24-21(14-9-5-2-6-10-14)18(13-7-3-1-4-8-13)20-22(25)19-16(31-23(20)26)11-15(32-34(27)28)12-17(19)33-35(29)30/h1-12,18,25,34-35H. The van der Waals surface area contributed by atoms with Crippen LogP contribution >= 0.6 is 0 Å². The maximum atomic E-state index is 13.5. The summed E-state index contributed by atoms with van der Waals surface area (Å²) in [6.45, 7) is 0. The predicted molar refractivity (Wildman–Crippen MR) is 125 cm³/mol. The Labute approximate surface area is 201 Å². The molecule has 0 aliphatic rings. The Morgan fingerprint density at radius 1 is 0.857 bits per heavy atom. The lowest BCUT2D eigenvalue weighted by molar-refractivity contribution is 0.0971. The summed E-state index contributed by atoms with van der Waals surface area (Å²) in [6, 6.07) is 18.1. The number of aromatic hydroxyl groups is 1. The van der Waals surface area contributed by atoms with Crippen molar-refractivity contribution in [2.45, 2.75) is 5.92 Å². The molecule has 180 valence electrons. The lowest BCUT2D eigenvalue weighted by atomic mass is 9.84. The molecule has 1 N–H and O–H groups in total. The topological polar surface area (TPSA) is 154 Å². The Balaban J connectivity index is 2.03. The molecule has 3 aromatic carbocycles. The number of thiol groups is 2. The van der Waals surface area contributed by atoms with Gasteiger partial charge in [-0.1, -0.05) is 60.7 Å². The highest BCUT2D eigenvalue weighted by molar-refractivity contribution is 7.67. The van der Waals surface area contributed by atoms with Crippen LogP contribution in [0.4, 0.5) is 0 Å². The molecule has 0 saturated carbocycles. The first-order valence-electron chi connectivity index (χ1n) is 9.89. The maximum Gasteiger partial charge on any atom is 0.344 e. The minimum atomic E-state index is -3.52. The Morgan fingerprint density at radius 3 is 2.06 bits per heavy atom. The van der Waals surface area contributed by atoms with Gasteiger partial charge in [0.25, 0.3) is 22.0 Å².